The Morgan fingerprint density at radius 1 is 1.08 bits per heavy atom. The zero-order chi connectivity index (χ0) is 19.9. The normalized spacial score (nSPS) is 13.9. The van der Waals surface area contributed by atoms with Gasteiger partial charge in [0, 0.05) is 31.1 Å². The van der Waals surface area contributed by atoms with Crippen LogP contribution >= 0.6 is 0 Å². The highest BCUT2D eigenvalue weighted by atomic mass is 32.2. The van der Waals surface area contributed by atoms with Crippen molar-refractivity contribution in [3.63, 3.8) is 0 Å². The van der Waals surface area contributed by atoms with E-state index in [4.69, 9.17) is 0 Å². The van der Waals surface area contributed by atoms with Crippen LogP contribution in [0.1, 0.15) is 47.5 Å². The van der Waals surface area contributed by atoms with Gasteiger partial charge in [0.05, 0.1) is 4.90 Å². The van der Waals surface area contributed by atoms with Crippen molar-refractivity contribution in [1.82, 2.24) is 10.0 Å². The Bertz CT molecular complexity index is 714. The van der Waals surface area contributed by atoms with Gasteiger partial charge in [-0.1, -0.05) is 20.8 Å². The van der Waals surface area contributed by atoms with Gasteiger partial charge in [0.25, 0.3) is 0 Å². The maximum Gasteiger partial charge on any atom is 0.240 e. The minimum atomic E-state index is -3.77. The molecule has 0 aliphatic carbocycles. The summed E-state index contributed by atoms with van der Waals surface area (Å²) in [6, 6.07) is 5.42. The lowest BCUT2D eigenvalue weighted by molar-refractivity contribution is -0.122. The molecule has 2 amide bonds. The van der Waals surface area contributed by atoms with Gasteiger partial charge in [-0.25, -0.2) is 13.1 Å². The number of hydrogen-bond acceptors (Lipinski definition) is 4. The smallest absolute Gasteiger partial charge is 0.240 e. The Kier molecular flexibility index (Phi) is 8.23. The molecule has 1 aromatic rings. The number of benzene rings is 1. The maximum atomic E-state index is 12.6. The number of amides is 2. The highest BCUT2D eigenvalue weighted by Gasteiger charge is 2.25. The van der Waals surface area contributed by atoms with E-state index in [0.29, 0.717) is 5.69 Å². The van der Waals surface area contributed by atoms with Crippen molar-refractivity contribution >= 4 is 27.5 Å². The van der Waals surface area contributed by atoms with E-state index >= 15 is 0 Å². The monoisotopic (exact) mass is 383 g/mol. The first-order chi connectivity index (χ1) is 12.0. The van der Waals surface area contributed by atoms with Gasteiger partial charge in [-0.2, -0.15) is 0 Å². The minimum absolute atomic E-state index is 0.0493. The molecule has 2 atom stereocenters. The highest BCUT2D eigenvalue weighted by molar-refractivity contribution is 7.89. The van der Waals surface area contributed by atoms with Crippen LogP contribution in [0.3, 0.4) is 0 Å². The van der Waals surface area contributed by atoms with E-state index in [0.717, 1.165) is 6.42 Å². The average Bonchev–Trinajstić information content (AvgIpc) is 2.53. The summed E-state index contributed by atoms with van der Waals surface area (Å²) in [7, 11) is -3.77. The van der Waals surface area contributed by atoms with Crippen LogP contribution in [0.25, 0.3) is 0 Å². The van der Waals surface area contributed by atoms with Crippen LogP contribution in [-0.2, 0) is 19.6 Å². The third-order valence-electron chi connectivity index (χ3n) is 4.02. The van der Waals surface area contributed by atoms with E-state index in [-0.39, 0.29) is 35.1 Å². The minimum Gasteiger partial charge on any atom is -0.354 e. The van der Waals surface area contributed by atoms with Crippen molar-refractivity contribution in [3.8, 4) is 0 Å². The van der Waals surface area contributed by atoms with Gasteiger partial charge in [0.1, 0.15) is 0 Å². The van der Waals surface area contributed by atoms with Crippen molar-refractivity contribution in [3.05, 3.63) is 24.3 Å². The first kappa shape index (κ1) is 22.1. The van der Waals surface area contributed by atoms with Crippen LogP contribution in [0.15, 0.2) is 29.2 Å². The molecule has 1 rings (SSSR count). The molecule has 7 nitrogen and oxygen atoms in total. The Balaban J connectivity index is 2.86. The first-order valence-corrected chi connectivity index (χ1v) is 10.2. The first-order valence-electron chi connectivity index (χ1n) is 8.74. The van der Waals surface area contributed by atoms with E-state index in [9.17, 15) is 18.0 Å². The van der Waals surface area contributed by atoms with Crippen molar-refractivity contribution < 1.29 is 18.0 Å². The summed E-state index contributed by atoms with van der Waals surface area (Å²) >= 11 is 0. The highest BCUT2D eigenvalue weighted by Crippen LogP contribution is 2.17. The molecule has 0 aliphatic rings. The number of sulfonamides is 1. The molecule has 146 valence electrons. The average molecular weight is 384 g/mol. The molecule has 0 unspecified atom stereocenters. The molecule has 0 spiro atoms. The number of carbonyl (C=O) groups is 2. The fraction of sp³-hybridized carbons (Fsp3) is 0.556. The third-order valence-corrected chi connectivity index (χ3v) is 5.53. The second-order valence-electron chi connectivity index (χ2n) is 6.76. The van der Waals surface area contributed by atoms with Gasteiger partial charge in [0.15, 0.2) is 0 Å². The topological polar surface area (TPSA) is 104 Å². The number of hydrogen-bond donors (Lipinski definition) is 3. The molecule has 26 heavy (non-hydrogen) atoms. The second kappa shape index (κ2) is 9.68. The van der Waals surface area contributed by atoms with E-state index < -0.39 is 16.1 Å². The van der Waals surface area contributed by atoms with Gasteiger partial charge in [0.2, 0.25) is 21.8 Å². The van der Waals surface area contributed by atoms with Crippen LogP contribution in [0.2, 0.25) is 0 Å². The SMILES string of the molecule is CC[C@H](C)NC(=O)C[C@@H](NS(=O)(=O)c1ccc(NC(C)=O)cc1)C(C)C. The Morgan fingerprint density at radius 2 is 1.65 bits per heavy atom. The number of carbonyl (C=O) groups excluding carboxylic acids is 2. The molecular formula is C18H29N3O4S. The Labute approximate surface area is 156 Å². The predicted octanol–water partition coefficient (Wildman–Crippen LogP) is 2.25. The van der Waals surface area contributed by atoms with E-state index in [2.05, 4.69) is 15.4 Å². The van der Waals surface area contributed by atoms with Crippen molar-refractivity contribution in [1.29, 1.82) is 0 Å². The molecule has 0 radical (unpaired) electrons. The van der Waals surface area contributed by atoms with Crippen molar-refractivity contribution in [2.75, 3.05) is 5.32 Å². The lowest BCUT2D eigenvalue weighted by Crippen LogP contribution is -2.43. The molecule has 0 saturated carbocycles. The summed E-state index contributed by atoms with van der Waals surface area (Å²) in [5, 5.41) is 5.44. The quantitative estimate of drug-likeness (QED) is 0.608. The lowest BCUT2D eigenvalue weighted by atomic mass is 10.0. The lowest BCUT2D eigenvalue weighted by Gasteiger charge is -2.23. The molecule has 0 saturated heterocycles. The molecule has 1 aromatic carbocycles. The molecule has 0 bridgehead atoms. The third kappa shape index (κ3) is 7.13. The van der Waals surface area contributed by atoms with Gasteiger partial charge >= 0.3 is 0 Å². The van der Waals surface area contributed by atoms with Crippen molar-refractivity contribution in [2.45, 2.75) is 64.4 Å². The summed E-state index contributed by atoms with van der Waals surface area (Å²) in [6.45, 7) is 8.98. The van der Waals surface area contributed by atoms with Gasteiger partial charge in [-0.3, -0.25) is 9.59 Å². The standard InChI is InChI=1S/C18H29N3O4S/c1-6-13(4)19-18(23)11-17(12(2)3)21-26(24,25)16-9-7-15(8-10-16)20-14(5)22/h7-10,12-13,17,21H,6,11H2,1-5H3,(H,19,23)(H,20,22)/t13-,17+/m0/s1. The van der Waals surface area contributed by atoms with Gasteiger partial charge in [-0.05, 0) is 43.5 Å². The van der Waals surface area contributed by atoms with Crippen LogP contribution in [0, 0.1) is 5.92 Å². The molecule has 0 fully saturated rings. The summed E-state index contributed by atoms with van der Waals surface area (Å²) in [5.41, 5.74) is 0.518. The van der Waals surface area contributed by atoms with Crippen LogP contribution in [0.5, 0.6) is 0 Å². The zero-order valence-electron chi connectivity index (χ0n) is 16.0. The Hall–Kier alpha value is -1.93. The number of nitrogens with one attached hydrogen (secondary N) is 3. The predicted molar refractivity (Wildman–Crippen MR) is 102 cm³/mol. The van der Waals surface area contributed by atoms with Crippen LogP contribution in [0.4, 0.5) is 5.69 Å². The molecule has 0 aliphatic heterocycles. The van der Waals surface area contributed by atoms with E-state index in [1.165, 1.54) is 31.2 Å². The van der Waals surface area contributed by atoms with E-state index in [1.807, 2.05) is 27.7 Å². The summed E-state index contributed by atoms with van der Waals surface area (Å²) in [4.78, 5) is 23.2. The molecule has 3 N–H and O–H groups in total. The number of anilines is 1. The second-order valence-corrected chi connectivity index (χ2v) is 8.47. The molecule has 8 heteroatoms. The summed E-state index contributed by atoms with van der Waals surface area (Å²) in [5.74, 6) is -0.459. The fourth-order valence-corrected chi connectivity index (χ4v) is 3.62. The zero-order valence-corrected chi connectivity index (χ0v) is 16.8. The largest absolute Gasteiger partial charge is 0.354 e. The van der Waals surface area contributed by atoms with Crippen molar-refractivity contribution in [2.24, 2.45) is 5.92 Å². The Morgan fingerprint density at radius 3 is 2.12 bits per heavy atom. The van der Waals surface area contributed by atoms with E-state index in [1.54, 1.807) is 0 Å². The van der Waals surface area contributed by atoms with Gasteiger partial charge < -0.3 is 10.6 Å². The maximum absolute atomic E-state index is 12.6. The summed E-state index contributed by atoms with van der Waals surface area (Å²) < 4.78 is 27.8. The van der Waals surface area contributed by atoms with Crippen LogP contribution in [-0.4, -0.2) is 32.3 Å². The fourth-order valence-electron chi connectivity index (χ4n) is 2.24. The molecule has 0 heterocycles. The molecular weight excluding hydrogens is 354 g/mol. The van der Waals surface area contributed by atoms with Gasteiger partial charge in [-0.15, -0.1) is 0 Å². The van der Waals surface area contributed by atoms with Crippen LogP contribution < -0.4 is 15.4 Å². The summed E-state index contributed by atoms with van der Waals surface area (Å²) in [6.07, 6.45) is 0.885. The molecule has 0 aromatic heterocycles. The number of rotatable bonds is 9.